The summed E-state index contributed by atoms with van der Waals surface area (Å²) in [4.78, 5) is -0.0286. The summed E-state index contributed by atoms with van der Waals surface area (Å²) in [5, 5.41) is 10.6. The molecule has 0 aromatic heterocycles. The van der Waals surface area contributed by atoms with Crippen LogP contribution in [0.15, 0.2) is 40.6 Å². The van der Waals surface area contributed by atoms with Crippen LogP contribution in [0.1, 0.15) is 5.56 Å². The van der Waals surface area contributed by atoms with Crippen molar-refractivity contribution in [3.05, 3.63) is 41.3 Å². The van der Waals surface area contributed by atoms with E-state index in [1.165, 1.54) is 18.2 Å². The van der Waals surface area contributed by atoms with Crippen LogP contribution in [0.2, 0.25) is 0 Å². The van der Waals surface area contributed by atoms with Gasteiger partial charge in [-0.2, -0.15) is 0 Å². The Morgan fingerprint density at radius 1 is 1.06 bits per heavy atom. The van der Waals surface area contributed by atoms with Crippen molar-refractivity contribution in [3.63, 3.8) is 0 Å². The van der Waals surface area contributed by atoms with Crippen LogP contribution in [-0.2, 0) is 26.5 Å². The SMILES string of the molecule is NS(=O)(=O)C=CCc1ccccc1S(N)(=O)=O. The quantitative estimate of drug-likeness (QED) is 0.782. The lowest BCUT2D eigenvalue weighted by Gasteiger charge is -2.04. The predicted octanol–water partition coefficient (Wildman–Crippen LogP) is -0.321. The van der Waals surface area contributed by atoms with Gasteiger partial charge in [-0.25, -0.2) is 27.1 Å². The van der Waals surface area contributed by atoms with E-state index < -0.39 is 20.0 Å². The van der Waals surface area contributed by atoms with E-state index in [4.69, 9.17) is 10.3 Å². The maximum Gasteiger partial charge on any atom is 0.238 e. The van der Waals surface area contributed by atoms with Gasteiger partial charge < -0.3 is 0 Å². The van der Waals surface area contributed by atoms with Crippen molar-refractivity contribution < 1.29 is 16.8 Å². The first kappa shape index (κ1) is 13.8. The zero-order valence-corrected chi connectivity index (χ0v) is 10.4. The molecule has 6 nitrogen and oxygen atoms in total. The summed E-state index contributed by atoms with van der Waals surface area (Å²) >= 11 is 0. The Balaban J connectivity index is 3.05. The highest BCUT2D eigenvalue weighted by Crippen LogP contribution is 2.14. The van der Waals surface area contributed by atoms with Crippen LogP contribution in [0.3, 0.4) is 0 Å². The number of rotatable bonds is 4. The number of sulfonamides is 2. The van der Waals surface area contributed by atoms with Gasteiger partial charge in [0.25, 0.3) is 0 Å². The average Bonchev–Trinajstić information content (AvgIpc) is 2.15. The highest BCUT2D eigenvalue weighted by Gasteiger charge is 2.11. The Morgan fingerprint density at radius 3 is 2.18 bits per heavy atom. The van der Waals surface area contributed by atoms with Crippen LogP contribution < -0.4 is 10.3 Å². The molecule has 0 fully saturated rings. The van der Waals surface area contributed by atoms with E-state index in [1.807, 2.05) is 0 Å². The summed E-state index contributed by atoms with van der Waals surface area (Å²) in [7, 11) is -7.52. The number of allylic oxidation sites excluding steroid dienone is 1. The number of benzene rings is 1. The lowest BCUT2D eigenvalue weighted by Crippen LogP contribution is -2.14. The maximum absolute atomic E-state index is 11.2. The molecule has 0 aliphatic carbocycles. The summed E-state index contributed by atoms with van der Waals surface area (Å²) < 4.78 is 43.8. The van der Waals surface area contributed by atoms with Gasteiger partial charge in [-0.15, -0.1) is 0 Å². The van der Waals surface area contributed by atoms with Crippen LogP contribution in [0.4, 0.5) is 0 Å². The topological polar surface area (TPSA) is 120 Å². The first-order valence-corrected chi connectivity index (χ1v) is 7.66. The third kappa shape index (κ3) is 4.65. The Labute approximate surface area is 100 Å². The van der Waals surface area contributed by atoms with Gasteiger partial charge in [-0.3, -0.25) is 0 Å². The van der Waals surface area contributed by atoms with Crippen molar-refractivity contribution in [2.24, 2.45) is 10.3 Å². The molecule has 0 atom stereocenters. The Kier molecular flexibility index (Phi) is 4.04. The Hall–Kier alpha value is -1.22. The van der Waals surface area contributed by atoms with Crippen molar-refractivity contribution in [1.82, 2.24) is 0 Å². The van der Waals surface area contributed by atoms with Gasteiger partial charge in [0, 0.05) is 5.41 Å². The van der Waals surface area contributed by atoms with E-state index in [-0.39, 0.29) is 11.3 Å². The number of nitrogens with two attached hydrogens (primary N) is 2. The molecule has 0 heterocycles. The minimum atomic E-state index is -3.81. The molecule has 0 saturated heterocycles. The molecule has 1 aromatic carbocycles. The predicted molar refractivity (Wildman–Crippen MR) is 63.8 cm³/mol. The monoisotopic (exact) mass is 276 g/mol. The van der Waals surface area contributed by atoms with Gasteiger partial charge >= 0.3 is 0 Å². The highest BCUT2D eigenvalue weighted by molar-refractivity contribution is 7.92. The van der Waals surface area contributed by atoms with Crippen molar-refractivity contribution in [3.8, 4) is 0 Å². The summed E-state index contributed by atoms with van der Waals surface area (Å²) in [6.07, 6.45) is 1.38. The fraction of sp³-hybridized carbons (Fsp3) is 0.111. The van der Waals surface area contributed by atoms with Gasteiger partial charge in [0.05, 0.1) is 4.90 Å². The molecule has 0 spiro atoms. The van der Waals surface area contributed by atoms with E-state index in [1.54, 1.807) is 12.1 Å². The second kappa shape index (κ2) is 4.96. The molecule has 0 saturated carbocycles. The molecular weight excluding hydrogens is 264 g/mol. The average molecular weight is 276 g/mol. The van der Waals surface area contributed by atoms with E-state index in [0.29, 0.717) is 5.56 Å². The smallest absolute Gasteiger partial charge is 0.225 e. The van der Waals surface area contributed by atoms with Crippen LogP contribution in [0.25, 0.3) is 0 Å². The van der Waals surface area contributed by atoms with E-state index in [2.05, 4.69) is 0 Å². The zero-order valence-electron chi connectivity index (χ0n) is 8.78. The minimum Gasteiger partial charge on any atom is -0.225 e. The maximum atomic E-state index is 11.2. The highest BCUT2D eigenvalue weighted by atomic mass is 32.2. The molecule has 0 amide bonds. The van der Waals surface area contributed by atoms with Gasteiger partial charge in [0.1, 0.15) is 0 Å². The largest absolute Gasteiger partial charge is 0.238 e. The first-order valence-electron chi connectivity index (χ1n) is 4.50. The Morgan fingerprint density at radius 2 is 1.65 bits per heavy atom. The lowest BCUT2D eigenvalue weighted by molar-refractivity contribution is 0.596. The van der Waals surface area contributed by atoms with Crippen LogP contribution in [0, 0.1) is 0 Å². The summed E-state index contributed by atoms with van der Waals surface area (Å²) in [6, 6.07) is 6.07. The van der Waals surface area contributed by atoms with Crippen molar-refractivity contribution in [1.29, 1.82) is 0 Å². The van der Waals surface area contributed by atoms with E-state index in [0.717, 1.165) is 5.41 Å². The standard InChI is InChI=1S/C9H12N2O4S2/c10-16(12,13)7-3-5-8-4-1-2-6-9(8)17(11,14)15/h1-4,6-7H,5H2,(H2,10,12,13)(H2,11,14,15). The molecule has 0 radical (unpaired) electrons. The normalized spacial score (nSPS) is 13.1. The molecule has 1 rings (SSSR count). The summed E-state index contributed by atoms with van der Waals surface area (Å²) in [6.45, 7) is 0. The zero-order chi connectivity index (χ0) is 13.1. The van der Waals surface area contributed by atoms with Crippen molar-refractivity contribution in [2.75, 3.05) is 0 Å². The number of hydrogen-bond acceptors (Lipinski definition) is 4. The molecule has 0 bridgehead atoms. The number of primary sulfonamides is 2. The second-order valence-corrected chi connectivity index (χ2v) is 6.30. The third-order valence-corrected chi connectivity index (χ3v) is 3.49. The minimum absolute atomic E-state index is 0.0286. The molecule has 4 N–H and O–H groups in total. The van der Waals surface area contributed by atoms with E-state index >= 15 is 0 Å². The van der Waals surface area contributed by atoms with Gasteiger partial charge in [0.2, 0.25) is 20.0 Å². The van der Waals surface area contributed by atoms with Crippen molar-refractivity contribution in [2.45, 2.75) is 11.3 Å². The fourth-order valence-corrected chi connectivity index (χ4v) is 2.41. The van der Waals surface area contributed by atoms with Crippen LogP contribution in [0.5, 0.6) is 0 Å². The summed E-state index contributed by atoms with van der Waals surface area (Å²) in [5.41, 5.74) is 0.412. The fourth-order valence-electron chi connectivity index (χ4n) is 1.26. The second-order valence-electron chi connectivity index (χ2n) is 3.32. The molecule has 0 aliphatic rings. The molecule has 94 valence electrons. The van der Waals surface area contributed by atoms with Gasteiger partial charge in [-0.1, -0.05) is 24.3 Å². The molecule has 17 heavy (non-hydrogen) atoms. The molecule has 8 heteroatoms. The Bertz CT molecular complexity index is 633. The van der Waals surface area contributed by atoms with Crippen molar-refractivity contribution >= 4 is 20.0 Å². The molecule has 0 aliphatic heterocycles. The first-order chi connectivity index (χ1) is 7.70. The molecular formula is C9H12N2O4S2. The lowest BCUT2D eigenvalue weighted by atomic mass is 10.1. The van der Waals surface area contributed by atoms with Crippen LogP contribution in [-0.4, -0.2) is 16.8 Å². The molecule has 1 aromatic rings. The summed E-state index contributed by atoms with van der Waals surface area (Å²) in [5.74, 6) is 0. The third-order valence-electron chi connectivity index (χ3n) is 1.90. The van der Waals surface area contributed by atoms with Crippen LogP contribution >= 0.6 is 0 Å². The van der Waals surface area contributed by atoms with Gasteiger partial charge in [0.15, 0.2) is 0 Å². The molecule has 0 unspecified atom stereocenters. The number of hydrogen-bond donors (Lipinski definition) is 2. The van der Waals surface area contributed by atoms with Gasteiger partial charge in [-0.05, 0) is 18.1 Å². The van der Waals surface area contributed by atoms with E-state index in [9.17, 15) is 16.8 Å².